The Morgan fingerprint density at radius 2 is 2.05 bits per heavy atom. The highest BCUT2D eigenvalue weighted by molar-refractivity contribution is 9.10. The predicted octanol–water partition coefficient (Wildman–Crippen LogP) is 4.63. The molecule has 98 valence electrons. The molecule has 0 radical (unpaired) electrons. The maximum atomic E-state index is 13.5. The van der Waals surface area contributed by atoms with Crippen molar-refractivity contribution >= 4 is 33.8 Å². The van der Waals surface area contributed by atoms with Crippen LogP contribution in [0, 0.1) is 5.82 Å². The van der Waals surface area contributed by atoms with E-state index in [-0.39, 0.29) is 6.61 Å². The molecule has 0 spiro atoms. The Labute approximate surface area is 123 Å². The van der Waals surface area contributed by atoms with Crippen molar-refractivity contribution < 1.29 is 13.9 Å². The first-order valence-corrected chi connectivity index (χ1v) is 6.58. The van der Waals surface area contributed by atoms with E-state index < -0.39 is 5.82 Å². The molecule has 0 aliphatic carbocycles. The van der Waals surface area contributed by atoms with Crippen LogP contribution in [0.1, 0.15) is 15.9 Å². The van der Waals surface area contributed by atoms with Crippen molar-refractivity contribution in [1.29, 1.82) is 0 Å². The molecule has 2 aromatic carbocycles. The number of aldehydes is 1. The summed E-state index contributed by atoms with van der Waals surface area (Å²) in [5.74, 6) is 0.00624. The molecule has 0 aliphatic heterocycles. The molecular weight excluding hydrogens is 335 g/mol. The first kappa shape index (κ1) is 14.0. The third-order valence-electron chi connectivity index (χ3n) is 2.49. The van der Waals surface area contributed by atoms with Crippen LogP contribution in [0.4, 0.5) is 4.39 Å². The summed E-state index contributed by atoms with van der Waals surface area (Å²) in [5, 5.41) is 0.436. The Hall–Kier alpha value is -1.39. The number of carbonyl (C=O) groups is 1. The largest absolute Gasteiger partial charge is 0.488 e. The minimum absolute atomic E-state index is 0.00880. The monoisotopic (exact) mass is 342 g/mol. The summed E-state index contributed by atoms with van der Waals surface area (Å²) in [6, 6.07) is 9.28. The quantitative estimate of drug-likeness (QED) is 0.756. The van der Waals surface area contributed by atoms with Gasteiger partial charge in [-0.05, 0) is 36.4 Å². The minimum atomic E-state index is -0.394. The van der Waals surface area contributed by atoms with Gasteiger partial charge < -0.3 is 4.74 Å². The zero-order chi connectivity index (χ0) is 13.8. The average Bonchev–Trinajstić information content (AvgIpc) is 2.40. The van der Waals surface area contributed by atoms with Crippen LogP contribution in [0.25, 0.3) is 0 Å². The van der Waals surface area contributed by atoms with Gasteiger partial charge in [0, 0.05) is 15.1 Å². The van der Waals surface area contributed by atoms with Crippen LogP contribution < -0.4 is 4.74 Å². The minimum Gasteiger partial charge on any atom is -0.488 e. The fraction of sp³-hybridized carbons (Fsp3) is 0.0714. The summed E-state index contributed by atoms with van der Waals surface area (Å²) in [5.41, 5.74) is 0.740. The molecule has 0 N–H and O–H groups in total. The molecule has 0 saturated carbocycles. The first-order chi connectivity index (χ1) is 9.10. The van der Waals surface area contributed by atoms with Crippen molar-refractivity contribution in [3.63, 3.8) is 0 Å². The SMILES string of the molecule is O=Cc1cc(Br)ccc1OCc1cc(Cl)ccc1F. The molecule has 19 heavy (non-hydrogen) atoms. The van der Waals surface area contributed by atoms with E-state index in [1.165, 1.54) is 18.2 Å². The molecule has 0 amide bonds. The highest BCUT2D eigenvalue weighted by Crippen LogP contribution is 2.23. The molecule has 0 bridgehead atoms. The number of halogens is 3. The molecule has 0 unspecified atom stereocenters. The topological polar surface area (TPSA) is 26.3 Å². The Morgan fingerprint density at radius 3 is 2.79 bits per heavy atom. The fourth-order valence-corrected chi connectivity index (χ4v) is 2.13. The summed E-state index contributed by atoms with van der Waals surface area (Å²) < 4.78 is 19.7. The van der Waals surface area contributed by atoms with Crippen LogP contribution in [0.2, 0.25) is 5.02 Å². The second-order valence-electron chi connectivity index (χ2n) is 3.82. The smallest absolute Gasteiger partial charge is 0.153 e. The van der Waals surface area contributed by atoms with E-state index in [1.807, 2.05) is 0 Å². The Bertz CT molecular complexity index is 616. The van der Waals surface area contributed by atoms with Gasteiger partial charge in [-0.1, -0.05) is 27.5 Å². The highest BCUT2D eigenvalue weighted by atomic mass is 79.9. The zero-order valence-electron chi connectivity index (χ0n) is 9.70. The van der Waals surface area contributed by atoms with Crippen LogP contribution in [0.5, 0.6) is 5.75 Å². The number of hydrogen-bond acceptors (Lipinski definition) is 2. The van der Waals surface area contributed by atoms with Gasteiger partial charge in [-0.15, -0.1) is 0 Å². The van der Waals surface area contributed by atoms with Crippen molar-refractivity contribution in [3.8, 4) is 5.75 Å². The van der Waals surface area contributed by atoms with E-state index >= 15 is 0 Å². The van der Waals surface area contributed by atoms with E-state index in [9.17, 15) is 9.18 Å². The average molecular weight is 344 g/mol. The number of carbonyl (C=O) groups excluding carboxylic acids is 1. The normalized spacial score (nSPS) is 10.3. The molecule has 0 atom stereocenters. The maximum Gasteiger partial charge on any atom is 0.153 e. The lowest BCUT2D eigenvalue weighted by molar-refractivity contribution is 0.111. The van der Waals surface area contributed by atoms with Crippen LogP contribution in [0.3, 0.4) is 0 Å². The van der Waals surface area contributed by atoms with Crippen molar-refractivity contribution in [2.24, 2.45) is 0 Å². The fourth-order valence-electron chi connectivity index (χ4n) is 1.55. The van der Waals surface area contributed by atoms with Crippen molar-refractivity contribution in [3.05, 3.63) is 62.8 Å². The third kappa shape index (κ3) is 3.55. The van der Waals surface area contributed by atoms with Gasteiger partial charge in [0.05, 0.1) is 5.56 Å². The maximum absolute atomic E-state index is 13.5. The zero-order valence-corrected chi connectivity index (χ0v) is 12.0. The Balaban J connectivity index is 2.18. The third-order valence-corrected chi connectivity index (χ3v) is 3.22. The number of benzene rings is 2. The van der Waals surface area contributed by atoms with E-state index in [0.717, 1.165) is 4.47 Å². The van der Waals surface area contributed by atoms with Gasteiger partial charge in [-0.2, -0.15) is 0 Å². The predicted molar refractivity (Wildman–Crippen MR) is 75.3 cm³/mol. The van der Waals surface area contributed by atoms with Crippen LogP contribution >= 0.6 is 27.5 Å². The van der Waals surface area contributed by atoms with Gasteiger partial charge in [0.25, 0.3) is 0 Å². The van der Waals surface area contributed by atoms with Gasteiger partial charge in [0.1, 0.15) is 18.2 Å². The molecule has 0 saturated heterocycles. The summed E-state index contributed by atoms with van der Waals surface area (Å²) >= 11 is 9.06. The van der Waals surface area contributed by atoms with Crippen molar-refractivity contribution in [1.82, 2.24) is 0 Å². The molecule has 2 rings (SSSR count). The molecule has 0 aromatic heterocycles. The van der Waals surface area contributed by atoms with Crippen LogP contribution in [0.15, 0.2) is 40.9 Å². The number of rotatable bonds is 4. The standard InChI is InChI=1S/C14H9BrClFO2/c15-11-1-4-14(9(5-11)7-18)19-8-10-6-12(16)2-3-13(10)17/h1-7H,8H2. The van der Waals surface area contributed by atoms with Gasteiger partial charge >= 0.3 is 0 Å². The van der Waals surface area contributed by atoms with E-state index in [2.05, 4.69) is 15.9 Å². The van der Waals surface area contributed by atoms with Crippen molar-refractivity contribution in [2.45, 2.75) is 6.61 Å². The Morgan fingerprint density at radius 1 is 1.26 bits per heavy atom. The molecule has 5 heteroatoms. The van der Waals surface area contributed by atoms with Crippen LogP contribution in [-0.2, 0) is 6.61 Å². The molecule has 0 aliphatic rings. The van der Waals surface area contributed by atoms with E-state index in [0.29, 0.717) is 28.2 Å². The molecule has 2 aromatic rings. The van der Waals surface area contributed by atoms with E-state index in [4.69, 9.17) is 16.3 Å². The van der Waals surface area contributed by atoms with Gasteiger partial charge in [0.15, 0.2) is 6.29 Å². The summed E-state index contributed by atoms with van der Waals surface area (Å²) in [6.07, 6.45) is 0.689. The summed E-state index contributed by atoms with van der Waals surface area (Å²) in [6.45, 7) is 0.00880. The number of hydrogen-bond donors (Lipinski definition) is 0. The highest BCUT2D eigenvalue weighted by Gasteiger charge is 2.07. The molecule has 0 heterocycles. The first-order valence-electron chi connectivity index (χ1n) is 5.41. The number of ether oxygens (including phenoxy) is 1. The van der Waals surface area contributed by atoms with Gasteiger partial charge in [0.2, 0.25) is 0 Å². The summed E-state index contributed by atoms with van der Waals surface area (Å²) in [4.78, 5) is 10.9. The molecule has 0 fully saturated rings. The van der Waals surface area contributed by atoms with Gasteiger partial charge in [-0.25, -0.2) is 4.39 Å². The lowest BCUT2D eigenvalue weighted by atomic mass is 10.2. The van der Waals surface area contributed by atoms with Crippen molar-refractivity contribution in [2.75, 3.05) is 0 Å². The molecule has 2 nitrogen and oxygen atoms in total. The lowest BCUT2D eigenvalue weighted by Crippen LogP contribution is -2.00. The Kier molecular flexibility index (Phi) is 4.56. The second kappa shape index (κ2) is 6.17. The van der Waals surface area contributed by atoms with Gasteiger partial charge in [-0.3, -0.25) is 4.79 Å². The van der Waals surface area contributed by atoms with E-state index in [1.54, 1.807) is 18.2 Å². The van der Waals surface area contributed by atoms with Crippen LogP contribution in [-0.4, -0.2) is 6.29 Å². The second-order valence-corrected chi connectivity index (χ2v) is 5.18. The summed E-state index contributed by atoms with van der Waals surface area (Å²) in [7, 11) is 0. The molecular formula is C14H9BrClFO2. The lowest BCUT2D eigenvalue weighted by Gasteiger charge is -2.09.